The zero-order chi connectivity index (χ0) is 21.3. The second kappa shape index (κ2) is 8.55. The van der Waals surface area contributed by atoms with Gasteiger partial charge >= 0.3 is 0 Å². The number of amides is 1. The lowest BCUT2D eigenvalue weighted by atomic mass is 10.1. The number of carbonyl (C=O) groups is 1. The summed E-state index contributed by atoms with van der Waals surface area (Å²) in [6.45, 7) is 8.19. The van der Waals surface area contributed by atoms with Gasteiger partial charge in [0.2, 0.25) is 5.91 Å². The largest absolute Gasteiger partial charge is 0.309 e. The van der Waals surface area contributed by atoms with Crippen LogP contribution in [0.2, 0.25) is 10.0 Å². The summed E-state index contributed by atoms with van der Waals surface area (Å²) in [5, 5.41) is 12.6. The second-order valence-electron chi connectivity index (χ2n) is 7.12. The van der Waals surface area contributed by atoms with E-state index in [0.717, 1.165) is 22.6 Å². The molecular weight excluding hydrogens is 416 g/mol. The van der Waals surface area contributed by atoms with Crippen LogP contribution in [0.3, 0.4) is 0 Å². The van der Waals surface area contributed by atoms with E-state index < -0.39 is 0 Å². The first-order valence-corrected chi connectivity index (χ1v) is 9.90. The van der Waals surface area contributed by atoms with E-state index in [-0.39, 0.29) is 17.6 Å². The number of anilines is 1. The molecule has 1 amide bonds. The third kappa shape index (κ3) is 4.79. The zero-order valence-electron chi connectivity index (χ0n) is 16.6. The summed E-state index contributed by atoms with van der Waals surface area (Å²) in [7, 11) is 0. The van der Waals surface area contributed by atoms with Gasteiger partial charge in [-0.25, -0.2) is 4.39 Å². The Morgan fingerprint density at radius 3 is 2.52 bits per heavy atom. The summed E-state index contributed by atoms with van der Waals surface area (Å²) in [4.78, 5) is 12.6. The molecule has 154 valence electrons. The second-order valence-corrected chi connectivity index (χ2v) is 7.91. The van der Waals surface area contributed by atoms with Crippen LogP contribution in [-0.2, 0) is 17.9 Å². The van der Waals surface area contributed by atoms with Gasteiger partial charge in [0, 0.05) is 16.8 Å². The Labute approximate surface area is 178 Å². The van der Waals surface area contributed by atoms with E-state index in [1.54, 1.807) is 21.5 Å². The lowest BCUT2D eigenvalue weighted by molar-refractivity contribution is -0.119. The van der Waals surface area contributed by atoms with E-state index in [1.165, 1.54) is 12.1 Å². The van der Waals surface area contributed by atoms with Gasteiger partial charge in [-0.1, -0.05) is 36.2 Å². The van der Waals surface area contributed by atoms with Crippen molar-refractivity contribution in [2.24, 2.45) is 5.92 Å². The van der Waals surface area contributed by atoms with E-state index in [1.807, 2.05) is 27.7 Å². The molecule has 0 saturated heterocycles. The number of rotatable bonds is 6. The fourth-order valence-electron chi connectivity index (χ4n) is 2.99. The van der Waals surface area contributed by atoms with Crippen LogP contribution in [0.15, 0.2) is 24.3 Å². The first kappa shape index (κ1) is 21.3. The molecule has 0 aliphatic carbocycles. The summed E-state index contributed by atoms with van der Waals surface area (Å²) in [6.07, 6.45) is 0. The Hall–Kier alpha value is -2.38. The van der Waals surface area contributed by atoms with E-state index in [0.29, 0.717) is 29.0 Å². The summed E-state index contributed by atoms with van der Waals surface area (Å²) >= 11 is 12.3. The minimum atomic E-state index is -0.387. The van der Waals surface area contributed by atoms with Crippen molar-refractivity contribution in [1.82, 2.24) is 19.6 Å². The molecule has 0 fully saturated rings. The monoisotopic (exact) mass is 437 g/mol. The average molecular weight is 438 g/mol. The van der Waals surface area contributed by atoms with Crippen molar-refractivity contribution in [2.75, 3.05) is 5.32 Å². The molecule has 0 spiro atoms. The quantitative estimate of drug-likeness (QED) is 0.603. The lowest BCUT2D eigenvalue weighted by Crippen LogP contribution is -2.25. The molecule has 0 saturated carbocycles. The summed E-state index contributed by atoms with van der Waals surface area (Å²) in [5.74, 6) is -0.440. The standard InChI is InChI=1S/C20H22Cl2FN5O/c1-11(9-28-14(4)19(22)13(3)25-28)20(29)24-18-7-12(2)27(26-18)10-15-5-6-16(23)8-17(15)21/h5-8,11H,9-10H2,1-4H3,(H,24,26,29). The third-order valence-corrected chi connectivity index (χ3v) is 5.65. The van der Waals surface area contributed by atoms with Crippen molar-refractivity contribution in [3.05, 3.63) is 62.8 Å². The molecule has 3 aromatic rings. The Balaban J connectivity index is 1.67. The minimum absolute atomic E-state index is 0.168. The topological polar surface area (TPSA) is 64.7 Å². The van der Waals surface area contributed by atoms with Gasteiger partial charge in [-0.3, -0.25) is 14.2 Å². The van der Waals surface area contributed by atoms with Gasteiger partial charge in [0.1, 0.15) is 5.82 Å². The van der Waals surface area contributed by atoms with Gasteiger partial charge < -0.3 is 5.32 Å². The minimum Gasteiger partial charge on any atom is -0.309 e. The van der Waals surface area contributed by atoms with Gasteiger partial charge in [0.25, 0.3) is 0 Å². The predicted octanol–water partition coefficient (Wildman–Crippen LogP) is 4.77. The van der Waals surface area contributed by atoms with E-state index in [2.05, 4.69) is 15.5 Å². The van der Waals surface area contributed by atoms with Gasteiger partial charge in [-0.2, -0.15) is 10.2 Å². The summed E-state index contributed by atoms with van der Waals surface area (Å²) in [5.41, 5.74) is 3.16. The van der Waals surface area contributed by atoms with Crippen molar-refractivity contribution >= 4 is 34.9 Å². The van der Waals surface area contributed by atoms with Crippen LogP contribution < -0.4 is 5.32 Å². The molecule has 2 heterocycles. The van der Waals surface area contributed by atoms with Crippen LogP contribution in [0.4, 0.5) is 10.2 Å². The molecule has 3 rings (SSSR count). The highest BCUT2D eigenvalue weighted by Gasteiger charge is 2.19. The van der Waals surface area contributed by atoms with Gasteiger partial charge in [-0.05, 0) is 38.5 Å². The van der Waals surface area contributed by atoms with Crippen LogP contribution in [0.25, 0.3) is 0 Å². The van der Waals surface area contributed by atoms with E-state index in [4.69, 9.17) is 23.2 Å². The maximum Gasteiger partial charge on any atom is 0.230 e. The maximum absolute atomic E-state index is 13.2. The SMILES string of the molecule is Cc1nn(CC(C)C(=O)Nc2cc(C)n(Cc3ccc(F)cc3Cl)n2)c(C)c1Cl. The Bertz CT molecular complexity index is 1060. The highest BCUT2D eigenvalue weighted by Crippen LogP contribution is 2.21. The maximum atomic E-state index is 13.2. The molecule has 0 aliphatic heterocycles. The smallest absolute Gasteiger partial charge is 0.230 e. The first-order valence-electron chi connectivity index (χ1n) is 9.14. The van der Waals surface area contributed by atoms with Crippen molar-refractivity contribution in [1.29, 1.82) is 0 Å². The normalized spacial score (nSPS) is 12.2. The molecule has 2 aromatic heterocycles. The number of halogens is 3. The number of nitrogens with zero attached hydrogens (tertiary/aromatic N) is 4. The highest BCUT2D eigenvalue weighted by molar-refractivity contribution is 6.32. The molecule has 6 nitrogen and oxygen atoms in total. The predicted molar refractivity (Wildman–Crippen MR) is 112 cm³/mol. The molecular formula is C20H22Cl2FN5O. The summed E-state index contributed by atoms with van der Waals surface area (Å²) in [6, 6.07) is 6.03. The molecule has 9 heteroatoms. The number of nitrogens with one attached hydrogen (secondary N) is 1. The average Bonchev–Trinajstić information content (AvgIpc) is 3.11. The number of hydrogen-bond acceptors (Lipinski definition) is 3. The molecule has 0 bridgehead atoms. The number of hydrogen-bond donors (Lipinski definition) is 1. The number of carbonyl (C=O) groups excluding carboxylic acids is 1. The van der Waals surface area contributed by atoms with Crippen molar-refractivity contribution in [2.45, 2.75) is 40.8 Å². The lowest BCUT2D eigenvalue weighted by Gasteiger charge is -2.12. The van der Waals surface area contributed by atoms with Crippen LogP contribution in [-0.4, -0.2) is 25.5 Å². The molecule has 1 unspecified atom stereocenters. The fraction of sp³-hybridized carbons (Fsp3) is 0.350. The van der Waals surface area contributed by atoms with Gasteiger partial charge in [0.05, 0.1) is 35.4 Å². The van der Waals surface area contributed by atoms with Crippen molar-refractivity contribution in [3.63, 3.8) is 0 Å². The first-order chi connectivity index (χ1) is 13.7. The van der Waals surface area contributed by atoms with Crippen LogP contribution in [0, 0.1) is 32.5 Å². The van der Waals surface area contributed by atoms with Crippen LogP contribution >= 0.6 is 23.2 Å². The summed E-state index contributed by atoms with van der Waals surface area (Å²) < 4.78 is 16.7. The number of benzene rings is 1. The Morgan fingerprint density at radius 1 is 1.17 bits per heavy atom. The third-order valence-electron chi connectivity index (χ3n) is 4.76. The number of aromatic nitrogens is 4. The van der Waals surface area contributed by atoms with Crippen molar-refractivity contribution in [3.8, 4) is 0 Å². The Morgan fingerprint density at radius 2 is 1.90 bits per heavy atom. The van der Waals surface area contributed by atoms with E-state index in [9.17, 15) is 9.18 Å². The fourth-order valence-corrected chi connectivity index (χ4v) is 3.35. The molecule has 1 atom stereocenters. The molecule has 1 N–H and O–H groups in total. The van der Waals surface area contributed by atoms with Gasteiger partial charge in [-0.15, -0.1) is 0 Å². The van der Waals surface area contributed by atoms with Crippen LogP contribution in [0.1, 0.15) is 29.6 Å². The zero-order valence-corrected chi connectivity index (χ0v) is 18.1. The molecule has 0 radical (unpaired) electrons. The number of aryl methyl sites for hydroxylation is 2. The molecule has 0 aliphatic rings. The van der Waals surface area contributed by atoms with Gasteiger partial charge in [0.15, 0.2) is 5.82 Å². The van der Waals surface area contributed by atoms with E-state index >= 15 is 0 Å². The highest BCUT2D eigenvalue weighted by atomic mass is 35.5. The molecule has 1 aromatic carbocycles. The van der Waals surface area contributed by atoms with Crippen LogP contribution in [0.5, 0.6) is 0 Å². The van der Waals surface area contributed by atoms with Crippen molar-refractivity contribution < 1.29 is 9.18 Å². The molecule has 29 heavy (non-hydrogen) atoms. The Kier molecular flexibility index (Phi) is 6.29.